The largest absolute Gasteiger partial charge is 0.326 e. The predicted octanol–water partition coefficient (Wildman–Crippen LogP) is 5.48. The zero-order valence-corrected chi connectivity index (χ0v) is 19.4. The summed E-state index contributed by atoms with van der Waals surface area (Å²) in [6, 6.07) is 27.4. The van der Waals surface area contributed by atoms with Crippen LogP contribution in [0.4, 0.5) is 5.69 Å². The summed E-state index contributed by atoms with van der Waals surface area (Å²) in [7, 11) is 0. The zero-order chi connectivity index (χ0) is 24.1. The van der Waals surface area contributed by atoms with E-state index in [0.717, 1.165) is 22.6 Å². The average Bonchev–Trinajstić information content (AvgIpc) is 3.12. The summed E-state index contributed by atoms with van der Waals surface area (Å²) in [4.78, 5) is 23.5. The highest BCUT2D eigenvalue weighted by Crippen LogP contribution is 2.24. The van der Waals surface area contributed by atoms with E-state index in [1.165, 1.54) is 18.1 Å². The molecule has 6 heteroatoms. The van der Waals surface area contributed by atoms with Gasteiger partial charge in [0, 0.05) is 40.8 Å². The molecule has 0 saturated carbocycles. The highest BCUT2D eigenvalue weighted by molar-refractivity contribution is 5.96. The summed E-state index contributed by atoms with van der Waals surface area (Å²) >= 11 is 0. The summed E-state index contributed by atoms with van der Waals surface area (Å²) in [6.07, 6.45) is 1.65. The molecular formula is C28H26N4O2. The number of hydrogen-bond donors (Lipinski definition) is 2. The number of aromatic nitrogens is 1. The van der Waals surface area contributed by atoms with Gasteiger partial charge in [-0.3, -0.25) is 9.59 Å². The molecule has 0 aliphatic carbocycles. The van der Waals surface area contributed by atoms with Gasteiger partial charge in [-0.05, 0) is 67.4 Å². The topological polar surface area (TPSA) is 75.5 Å². The van der Waals surface area contributed by atoms with Crippen molar-refractivity contribution in [3.05, 3.63) is 107 Å². The van der Waals surface area contributed by atoms with E-state index in [0.29, 0.717) is 11.3 Å². The number of nitrogens with one attached hydrogen (secondary N) is 2. The van der Waals surface area contributed by atoms with Gasteiger partial charge in [0.2, 0.25) is 5.91 Å². The fourth-order valence-electron chi connectivity index (χ4n) is 3.88. The number of benzene rings is 3. The second kappa shape index (κ2) is 10.0. The van der Waals surface area contributed by atoms with Crippen LogP contribution in [0.15, 0.2) is 90.0 Å². The Kier molecular flexibility index (Phi) is 6.69. The van der Waals surface area contributed by atoms with Gasteiger partial charge >= 0.3 is 0 Å². The van der Waals surface area contributed by atoms with Crippen molar-refractivity contribution in [2.24, 2.45) is 5.10 Å². The number of aryl methyl sites for hydroxylation is 1. The molecule has 34 heavy (non-hydrogen) atoms. The molecule has 0 atom stereocenters. The lowest BCUT2D eigenvalue weighted by atomic mass is 10.1. The van der Waals surface area contributed by atoms with Gasteiger partial charge in [-0.2, -0.15) is 5.10 Å². The average molecular weight is 451 g/mol. The van der Waals surface area contributed by atoms with Gasteiger partial charge in [0.1, 0.15) is 0 Å². The van der Waals surface area contributed by atoms with Crippen LogP contribution in [0.2, 0.25) is 0 Å². The molecule has 0 radical (unpaired) electrons. The Bertz CT molecular complexity index is 1340. The molecule has 0 saturated heterocycles. The number of nitrogens with zero attached hydrogens (tertiary/aromatic N) is 2. The fourth-order valence-corrected chi connectivity index (χ4v) is 3.88. The van der Waals surface area contributed by atoms with Gasteiger partial charge in [0.05, 0.1) is 6.21 Å². The number of rotatable bonds is 6. The fraction of sp³-hybridized carbons (Fsp3) is 0.107. The Labute approximate surface area is 198 Å². The molecule has 0 bridgehead atoms. The molecule has 2 N–H and O–H groups in total. The van der Waals surface area contributed by atoms with Crippen LogP contribution < -0.4 is 10.7 Å². The minimum atomic E-state index is -0.323. The maximum Gasteiger partial charge on any atom is 0.271 e. The van der Waals surface area contributed by atoms with Crippen molar-refractivity contribution in [2.45, 2.75) is 20.8 Å². The molecule has 2 amide bonds. The lowest BCUT2D eigenvalue weighted by Gasteiger charge is -2.11. The molecule has 170 valence electrons. The Morgan fingerprint density at radius 1 is 0.853 bits per heavy atom. The van der Waals surface area contributed by atoms with Gasteiger partial charge < -0.3 is 9.88 Å². The molecule has 4 aromatic rings. The van der Waals surface area contributed by atoms with Gasteiger partial charge in [-0.25, -0.2) is 5.43 Å². The van der Waals surface area contributed by atoms with Crippen molar-refractivity contribution in [1.29, 1.82) is 0 Å². The number of amides is 2. The van der Waals surface area contributed by atoms with E-state index in [2.05, 4.69) is 56.8 Å². The molecular weight excluding hydrogens is 424 g/mol. The van der Waals surface area contributed by atoms with Crippen LogP contribution in [0, 0.1) is 13.8 Å². The standard InChI is InChI=1S/C28H26N4O2/c1-19-17-25(18-29-31-28(34)24-9-13-26(14-10-24)30-21(3)33)20(2)32(19)27-15-11-23(12-16-27)22-7-5-4-6-8-22/h4-18H,1-3H3,(H,30,33)(H,31,34). The van der Waals surface area contributed by atoms with E-state index >= 15 is 0 Å². The maximum atomic E-state index is 12.4. The minimum absolute atomic E-state index is 0.161. The molecule has 6 nitrogen and oxygen atoms in total. The number of carbonyl (C=O) groups excluding carboxylic acids is 2. The van der Waals surface area contributed by atoms with E-state index in [4.69, 9.17) is 0 Å². The second-order valence-corrected chi connectivity index (χ2v) is 8.03. The molecule has 3 aromatic carbocycles. The van der Waals surface area contributed by atoms with Gasteiger partial charge in [-0.1, -0.05) is 42.5 Å². The quantitative estimate of drug-likeness (QED) is 0.301. The third-order valence-electron chi connectivity index (χ3n) is 5.54. The van der Waals surface area contributed by atoms with Crippen LogP contribution in [0.1, 0.15) is 34.2 Å². The monoisotopic (exact) mass is 450 g/mol. The Balaban J connectivity index is 1.46. The highest BCUT2D eigenvalue weighted by Gasteiger charge is 2.10. The van der Waals surface area contributed by atoms with E-state index in [1.54, 1.807) is 30.5 Å². The number of hydrazone groups is 1. The molecule has 1 aromatic heterocycles. The number of anilines is 1. The first kappa shape index (κ1) is 22.7. The molecule has 1 heterocycles. The van der Waals surface area contributed by atoms with E-state index in [1.807, 2.05) is 38.1 Å². The lowest BCUT2D eigenvalue weighted by molar-refractivity contribution is -0.114. The first-order valence-electron chi connectivity index (χ1n) is 11.0. The molecule has 0 fully saturated rings. The van der Waals surface area contributed by atoms with Crippen molar-refractivity contribution in [1.82, 2.24) is 9.99 Å². The summed E-state index contributed by atoms with van der Waals surface area (Å²) in [6.45, 7) is 5.51. The Morgan fingerprint density at radius 3 is 2.15 bits per heavy atom. The van der Waals surface area contributed by atoms with Gasteiger partial charge in [0.15, 0.2) is 0 Å². The first-order valence-corrected chi connectivity index (χ1v) is 11.0. The van der Waals surface area contributed by atoms with Crippen LogP contribution >= 0.6 is 0 Å². The number of carbonyl (C=O) groups is 2. The van der Waals surface area contributed by atoms with Crippen molar-refractivity contribution in [3.63, 3.8) is 0 Å². The van der Waals surface area contributed by atoms with Crippen molar-refractivity contribution >= 4 is 23.7 Å². The SMILES string of the molecule is CC(=O)Nc1ccc(C(=O)NN=Cc2cc(C)n(-c3ccc(-c4ccccc4)cc3)c2C)cc1. The molecule has 0 unspecified atom stereocenters. The van der Waals surface area contributed by atoms with Crippen molar-refractivity contribution in [2.75, 3.05) is 5.32 Å². The molecule has 0 spiro atoms. The second-order valence-electron chi connectivity index (χ2n) is 8.03. The summed E-state index contributed by atoms with van der Waals surface area (Å²) in [5.74, 6) is -0.484. The Hall–Kier alpha value is -4.45. The molecule has 0 aliphatic heterocycles. The summed E-state index contributed by atoms with van der Waals surface area (Å²) in [5.41, 5.74) is 10.1. The highest BCUT2D eigenvalue weighted by atomic mass is 16.2. The first-order chi connectivity index (χ1) is 16.4. The van der Waals surface area contributed by atoms with Crippen LogP contribution in [0.5, 0.6) is 0 Å². The number of hydrogen-bond acceptors (Lipinski definition) is 3. The third kappa shape index (κ3) is 5.13. The van der Waals surface area contributed by atoms with E-state index in [-0.39, 0.29) is 11.8 Å². The smallest absolute Gasteiger partial charge is 0.271 e. The summed E-state index contributed by atoms with van der Waals surface area (Å²) < 4.78 is 2.17. The van der Waals surface area contributed by atoms with Gasteiger partial charge in [-0.15, -0.1) is 0 Å². The van der Waals surface area contributed by atoms with Crippen LogP contribution in [0.3, 0.4) is 0 Å². The van der Waals surface area contributed by atoms with Crippen LogP contribution in [0.25, 0.3) is 16.8 Å². The normalized spacial score (nSPS) is 10.9. The zero-order valence-electron chi connectivity index (χ0n) is 19.4. The van der Waals surface area contributed by atoms with Crippen LogP contribution in [-0.4, -0.2) is 22.6 Å². The van der Waals surface area contributed by atoms with Gasteiger partial charge in [0.25, 0.3) is 5.91 Å². The summed E-state index contributed by atoms with van der Waals surface area (Å²) in [5, 5.41) is 6.82. The van der Waals surface area contributed by atoms with Crippen molar-refractivity contribution < 1.29 is 9.59 Å². The van der Waals surface area contributed by atoms with Crippen LogP contribution in [-0.2, 0) is 4.79 Å². The minimum Gasteiger partial charge on any atom is -0.326 e. The van der Waals surface area contributed by atoms with E-state index < -0.39 is 0 Å². The lowest BCUT2D eigenvalue weighted by Crippen LogP contribution is -2.17. The molecule has 4 rings (SSSR count). The maximum absolute atomic E-state index is 12.4. The predicted molar refractivity (Wildman–Crippen MR) is 136 cm³/mol. The Morgan fingerprint density at radius 2 is 1.50 bits per heavy atom. The molecule has 0 aliphatic rings. The third-order valence-corrected chi connectivity index (χ3v) is 5.54. The van der Waals surface area contributed by atoms with Crippen molar-refractivity contribution in [3.8, 4) is 16.8 Å². The van der Waals surface area contributed by atoms with E-state index in [9.17, 15) is 9.59 Å².